The minimum Gasteiger partial charge on any atom is -0.314 e. The molecule has 0 aliphatic heterocycles. The molecule has 0 fully saturated rings. The third kappa shape index (κ3) is 2.45. The summed E-state index contributed by atoms with van der Waals surface area (Å²) in [5.74, 6) is 0.409. The Balaban J connectivity index is 3.06. The van der Waals surface area contributed by atoms with E-state index in [9.17, 15) is 4.79 Å². The van der Waals surface area contributed by atoms with Crippen molar-refractivity contribution in [1.29, 1.82) is 5.26 Å². The Morgan fingerprint density at radius 1 is 1.54 bits per heavy atom. The Morgan fingerprint density at radius 2 is 2.23 bits per heavy atom. The molecule has 0 aliphatic rings. The van der Waals surface area contributed by atoms with Gasteiger partial charge in [-0.2, -0.15) is 5.26 Å². The fraction of sp³-hybridized carbons (Fsp3) is 0.400. The van der Waals surface area contributed by atoms with Crippen molar-refractivity contribution in [3.8, 4) is 6.07 Å². The minimum atomic E-state index is -0.0484. The summed E-state index contributed by atoms with van der Waals surface area (Å²) in [6, 6.07) is 4.98. The number of nitrogens with zero attached hydrogens (tertiary/aromatic N) is 2. The zero-order chi connectivity index (χ0) is 9.84. The number of pyridine rings is 1. The highest BCUT2D eigenvalue weighted by molar-refractivity contribution is 5.24. The smallest absolute Gasteiger partial charge is 0.250 e. The molecule has 0 aliphatic carbocycles. The van der Waals surface area contributed by atoms with E-state index >= 15 is 0 Å². The van der Waals surface area contributed by atoms with Crippen LogP contribution in [-0.2, 0) is 6.54 Å². The quantitative estimate of drug-likeness (QED) is 0.683. The maximum absolute atomic E-state index is 11.3. The highest BCUT2D eigenvalue weighted by Crippen LogP contribution is 1.98. The van der Waals surface area contributed by atoms with Crippen LogP contribution in [0.25, 0.3) is 0 Å². The summed E-state index contributed by atoms with van der Waals surface area (Å²) in [4.78, 5) is 11.3. The van der Waals surface area contributed by atoms with Gasteiger partial charge in [-0.15, -0.1) is 0 Å². The van der Waals surface area contributed by atoms with Crippen molar-refractivity contribution in [2.75, 3.05) is 0 Å². The summed E-state index contributed by atoms with van der Waals surface area (Å²) in [5, 5.41) is 8.62. The minimum absolute atomic E-state index is 0.0484. The monoisotopic (exact) mass is 176 g/mol. The third-order valence-corrected chi connectivity index (χ3v) is 1.67. The lowest BCUT2D eigenvalue weighted by Crippen LogP contribution is -2.21. The summed E-state index contributed by atoms with van der Waals surface area (Å²) in [7, 11) is 0. The molecule has 1 heterocycles. The van der Waals surface area contributed by atoms with Gasteiger partial charge in [0.25, 0.3) is 5.56 Å². The van der Waals surface area contributed by atoms with E-state index in [-0.39, 0.29) is 5.56 Å². The van der Waals surface area contributed by atoms with Crippen molar-refractivity contribution in [2.45, 2.75) is 20.4 Å². The van der Waals surface area contributed by atoms with Gasteiger partial charge in [0.15, 0.2) is 0 Å². The molecule has 0 amide bonds. The van der Waals surface area contributed by atoms with E-state index in [0.717, 1.165) is 0 Å². The molecule has 0 N–H and O–H groups in total. The molecule has 0 radical (unpaired) electrons. The summed E-state index contributed by atoms with van der Waals surface area (Å²) in [6.07, 6.45) is 1.60. The summed E-state index contributed by atoms with van der Waals surface area (Å²) < 4.78 is 1.57. The zero-order valence-electron chi connectivity index (χ0n) is 7.82. The van der Waals surface area contributed by atoms with Crippen LogP contribution in [0, 0.1) is 17.2 Å². The van der Waals surface area contributed by atoms with Crippen molar-refractivity contribution < 1.29 is 0 Å². The number of hydrogen-bond donors (Lipinski definition) is 0. The fourth-order valence-corrected chi connectivity index (χ4v) is 1.13. The van der Waals surface area contributed by atoms with Crippen molar-refractivity contribution >= 4 is 0 Å². The van der Waals surface area contributed by atoms with E-state index in [1.807, 2.05) is 19.9 Å². The van der Waals surface area contributed by atoms with Gasteiger partial charge in [-0.25, -0.2) is 0 Å². The lowest BCUT2D eigenvalue weighted by atomic mass is 10.2. The van der Waals surface area contributed by atoms with Crippen molar-refractivity contribution in [1.82, 2.24) is 4.57 Å². The topological polar surface area (TPSA) is 45.8 Å². The van der Waals surface area contributed by atoms with E-state index in [0.29, 0.717) is 18.0 Å². The van der Waals surface area contributed by atoms with Crippen LogP contribution in [0.4, 0.5) is 0 Å². The molecular weight excluding hydrogens is 164 g/mol. The summed E-state index contributed by atoms with van der Waals surface area (Å²) in [5.41, 5.74) is 0.480. The van der Waals surface area contributed by atoms with E-state index in [4.69, 9.17) is 5.26 Å². The van der Waals surface area contributed by atoms with Gasteiger partial charge >= 0.3 is 0 Å². The number of rotatable bonds is 2. The van der Waals surface area contributed by atoms with Crippen molar-refractivity contribution in [3.05, 3.63) is 34.2 Å². The first-order valence-electron chi connectivity index (χ1n) is 4.24. The molecular formula is C10H12N2O. The third-order valence-electron chi connectivity index (χ3n) is 1.67. The molecule has 0 bridgehead atoms. The predicted molar refractivity (Wildman–Crippen MR) is 50.3 cm³/mol. The molecule has 1 aromatic heterocycles. The van der Waals surface area contributed by atoms with Crippen LogP contribution in [0.1, 0.15) is 19.4 Å². The second kappa shape index (κ2) is 3.90. The van der Waals surface area contributed by atoms with Crippen LogP contribution in [0.2, 0.25) is 0 Å². The van der Waals surface area contributed by atoms with Crippen LogP contribution in [-0.4, -0.2) is 4.57 Å². The Kier molecular flexibility index (Phi) is 2.86. The lowest BCUT2D eigenvalue weighted by molar-refractivity contribution is 0.510. The second-order valence-electron chi connectivity index (χ2n) is 3.41. The molecule has 0 saturated carbocycles. The van der Waals surface area contributed by atoms with E-state index in [1.165, 1.54) is 6.07 Å². The summed E-state index contributed by atoms with van der Waals surface area (Å²) >= 11 is 0. The van der Waals surface area contributed by atoms with E-state index < -0.39 is 0 Å². The van der Waals surface area contributed by atoms with Gasteiger partial charge < -0.3 is 4.57 Å². The predicted octanol–water partition coefficient (Wildman–Crippen LogP) is 1.38. The fourth-order valence-electron chi connectivity index (χ4n) is 1.13. The molecule has 0 unspecified atom stereocenters. The molecule has 68 valence electrons. The van der Waals surface area contributed by atoms with Gasteiger partial charge in [0.2, 0.25) is 0 Å². The molecule has 0 saturated heterocycles. The molecule has 3 heteroatoms. The number of aromatic nitrogens is 1. The van der Waals surface area contributed by atoms with E-state index in [1.54, 1.807) is 16.8 Å². The maximum atomic E-state index is 11.3. The van der Waals surface area contributed by atoms with Crippen LogP contribution < -0.4 is 5.56 Å². The average Bonchev–Trinajstić information content (AvgIpc) is 2.08. The maximum Gasteiger partial charge on any atom is 0.250 e. The second-order valence-corrected chi connectivity index (χ2v) is 3.41. The van der Waals surface area contributed by atoms with Crippen LogP contribution in [0.15, 0.2) is 23.1 Å². The normalized spacial score (nSPS) is 10.0. The first-order chi connectivity index (χ1) is 6.13. The van der Waals surface area contributed by atoms with Gasteiger partial charge in [0.1, 0.15) is 6.07 Å². The van der Waals surface area contributed by atoms with Gasteiger partial charge in [-0.1, -0.05) is 13.8 Å². The molecule has 0 aromatic carbocycles. The van der Waals surface area contributed by atoms with Gasteiger partial charge in [0, 0.05) is 18.8 Å². The Morgan fingerprint density at radius 3 is 2.77 bits per heavy atom. The van der Waals surface area contributed by atoms with Crippen molar-refractivity contribution in [2.24, 2.45) is 5.92 Å². The highest BCUT2D eigenvalue weighted by Gasteiger charge is 2.00. The van der Waals surface area contributed by atoms with Gasteiger partial charge in [-0.05, 0) is 12.0 Å². The van der Waals surface area contributed by atoms with Gasteiger partial charge in [-0.3, -0.25) is 4.79 Å². The van der Waals surface area contributed by atoms with Crippen LogP contribution in [0.5, 0.6) is 0 Å². The SMILES string of the molecule is CC(C)Cn1cc(C#N)ccc1=O. The molecule has 1 rings (SSSR count). The zero-order valence-corrected chi connectivity index (χ0v) is 7.82. The number of nitriles is 1. The molecule has 3 nitrogen and oxygen atoms in total. The molecule has 13 heavy (non-hydrogen) atoms. The lowest BCUT2D eigenvalue weighted by Gasteiger charge is -2.07. The Labute approximate surface area is 77.2 Å². The number of hydrogen-bond acceptors (Lipinski definition) is 2. The Hall–Kier alpha value is -1.56. The summed E-state index contributed by atoms with van der Waals surface area (Å²) in [6.45, 7) is 4.73. The van der Waals surface area contributed by atoms with E-state index in [2.05, 4.69) is 0 Å². The highest BCUT2D eigenvalue weighted by atomic mass is 16.1. The standard InChI is InChI=1S/C10H12N2O/c1-8(2)6-12-7-9(5-11)3-4-10(12)13/h3-4,7-8H,6H2,1-2H3. The molecule has 1 aromatic rings. The van der Waals surface area contributed by atoms with Crippen LogP contribution >= 0.6 is 0 Å². The first-order valence-corrected chi connectivity index (χ1v) is 4.24. The van der Waals surface area contributed by atoms with Crippen LogP contribution in [0.3, 0.4) is 0 Å². The van der Waals surface area contributed by atoms with Crippen molar-refractivity contribution in [3.63, 3.8) is 0 Å². The largest absolute Gasteiger partial charge is 0.314 e. The van der Waals surface area contributed by atoms with Gasteiger partial charge in [0.05, 0.1) is 5.56 Å². The first kappa shape index (κ1) is 9.53. The molecule has 0 atom stereocenters. The Bertz CT molecular complexity index is 385. The molecule has 0 spiro atoms. The average molecular weight is 176 g/mol.